The van der Waals surface area contributed by atoms with E-state index in [0.29, 0.717) is 11.4 Å². The Morgan fingerprint density at radius 1 is 0.914 bits per heavy atom. The van der Waals surface area contributed by atoms with E-state index in [0.717, 1.165) is 22.3 Å². The van der Waals surface area contributed by atoms with Gasteiger partial charge in [-0.05, 0) is 34.4 Å². The van der Waals surface area contributed by atoms with Crippen molar-refractivity contribution in [3.05, 3.63) is 96.1 Å². The first-order valence-corrected chi connectivity index (χ1v) is 11.0. The van der Waals surface area contributed by atoms with E-state index >= 15 is 0 Å². The Bertz CT molecular complexity index is 1220. The summed E-state index contributed by atoms with van der Waals surface area (Å²) in [6.45, 7) is -0.144. The van der Waals surface area contributed by atoms with Crippen molar-refractivity contribution in [2.75, 3.05) is 25.1 Å². The number of carbonyl (C=O) groups is 3. The molecule has 0 saturated carbocycles. The summed E-state index contributed by atoms with van der Waals surface area (Å²) in [5.74, 6) is -1.20. The van der Waals surface area contributed by atoms with Gasteiger partial charge in [0.25, 0.3) is 0 Å². The summed E-state index contributed by atoms with van der Waals surface area (Å²) in [4.78, 5) is 34.9. The molecule has 3 N–H and O–H groups in total. The first-order valence-electron chi connectivity index (χ1n) is 11.0. The maximum atomic E-state index is 12.2. The van der Waals surface area contributed by atoms with Gasteiger partial charge in [0.05, 0.1) is 0 Å². The minimum absolute atomic E-state index is 0.0234. The van der Waals surface area contributed by atoms with Crippen molar-refractivity contribution in [3.63, 3.8) is 0 Å². The fraction of sp³-hybridized carbons (Fsp3) is 0.148. The molecular weight excluding hydrogens is 448 g/mol. The summed E-state index contributed by atoms with van der Waals surface area (Å²) in [5.41, 5.74) is 5.04. The van der Waals surface area contributed by atoms with Crippen molar-refractivity contribution < 1.29 is 29.0 Å². The van der Waals surface area contributed by atoms with Crippen molar-refractivity contribution >= 4 is 23.7 Å². The molecule has 0 radical (unpaired) electrons. The van der Waals surface area contributed by atoms with E-state index in [1.807, 2.05) is 24.3 Å². The fourth-order valence-electron chi connectivity index (χ4n) is 3.95. The Morgan fingerprint density at radius 3 is 2.29 bits per heavy atom. The molecule has 4 rings (SSSR count). The number of benzene rings is 3. The van der Waals surface area contributed by atoms with Gasteiger partial charge in [-0.15, -0.1) is 0 Å². The second-order valence-electron chi connectivity index (χ2n) is 7.81. The van der Waals surface area contributed by atoms with Gasteiger partial charge in [0, 0.05) is 30.3 Å². The molecule has 0 aliphatic heterocycles. The van der Waals surface area contributed by atoms with Crippen LogP contribution in [0.5, 0.6) is 5.75 Å². The maximum absolute atomic E-state index is 12.2. The van der Waals surface area contributed by atoms with Gasteiger partial charge in [-0.2, -0.15) is 0 Å². The quantitative estimate of drug-likeness (QED) is 0.403. The van der Waals surface area contributed by atoms with Crippen LogP contribution in [0.25, 0.3) is 11.1 Å². The van der Waals surface area contributed by atoms with Gasteiger partial charge >= 0.3 is 12.1 Å². The second kappa shape index (κ2) is 11.0. The molecule has 0 saturated heterocycles. The second-order valence-corrected chi connectivity index (χ2v) is 7.81. The van der Waals surface area contributed by atoms with Crippen LogP contribution in [0.3, 0.4) is 0 Å². The van der Waals surface area contributed by atoms with Gasteiger partial charge in [0.2, 0.25) is 5.91 Å². The molecule has 0 aromatic heterocycles. The van der Waals surface area contributed by atoms with Crippen LogP contribution < -0.4 is 15.4 Å². The first kappa shape index (κ1) is 23.6. The van der Waals surface area contributed by atoms with Crippen LogP contribution in [-0.2, 0) is 14.3 Å². The van der Waals surface area contributed by atoms with Crippen LogP contribution in [-0.4, -0.2) is 42.8 Å². The molecule has 8 heteroatoms. The number of amides is 2. The molecule has 2 amide bonds. The topological polar surface area (TPSA) is 114 Å². The highest BCUT2D eigenvalue weighted by atomic mass is 16.5. The number of rotatable bonds is 9. The summed E-state index contributed by atoms with van der Waals surface area (Å²) in [7, 11) is 0. The lowest BCUT2D eigenvalue weighted by Gasteiger charge is -2.14. The Hall–Kier alpha value is -4.59. The summed E-state index contributed by atoms with van der Waals surface area (Å²) < 4.78 is 10.5. The summed E-state index contributed by atoms with van der Waals surface area (Å²) in [6.07, 6.45) is 2.22. The standard InChI is InChI=1S/C27H24N2O6/c30-25(29-18-7-5-8-19(15-18)34-17-26(31)32)13-6-14-28-27(33)35-16-24-22-11-3-1-9-20(22)21-10-2-4-12-23(21)24/h1-13,15,24H,14,16-17H2,(H,28,33)(H,29,30)(H,31,32)/b13-6+. The summed E-state index contributed by atoms with van der Waals surface area (Å²) in [6, 6.07) is 22.6. The number of carbonyl (C=O) groups excluding carboxylic acids is 2. The third-order valence-corrected chi connectivity index (χ3v) is 5.44. The SMILES string of the molecule is O=C(O)COc1cccc(NC(=O)/C=C/CNC(=O)OCC2c3ccccc3-c3ccccc32)c1. The minimum Gasteiger partial charge on any atom is -0.482 e. The van der Waals surface area contributed by atoms with Crippen LogP contribution in [0.4, 0.5) is 10.5 Å². The van der Waals surface area contributed by atoms with E-state index in [1.165, 1.54) is 18.2 Å². The maximum Gasteiger partial charge on any atom is 0.407 e. The average Bonchev–Trinajstić information content (AvgIpc) is 3.18. The van der Waals surface area contributed by atoms with Crippen LogP contribution in [0.15, 0.2) is 84.9 Å². The van der Waals surface area contributed by atoms with E-state index in [4.69, 9.17) is 14.6 Å². The molecule has 0 spiro atoms. The molecule has 178 valence electrons. The smallest absolute Gasteiger partial charge is 0.407 e. The van der Waals surface area contributed by atoms with Crippen LogP contribution in [0, 0.1) is 0 Å². The van der Waals surface area contributed by atoms with E-state index in [-0.39, 0.29) is 19.1 Å². The normalized spacial score (nSPS) is 12.0. The summed E-state index contributed by atoms with van der Waals surface area (Å²) in [5, 5.41) is 13.9. The van der Waals surface area contributed by atoms with Crippen LogP contribution in [0.1, 0.15) is 17.0 Å². The number of hydrogen-bond donors (Lipinski definition) is 3. The summed E-state index contributed by atoms with van der Waals surface area (Å²) >= 11 is 0. The fourth-order valence-corrected chi connectivity index (χ4v) is 3.95. The first-order chi connectivity index (χ1) is 17.0. The number of fused-ring (bicyclic) bond motifs is 3. The molecule has 0 unspecified atom stereocenters. The van der Waals surface area contributed by atoms with Gasteiger partial charge < -0.3 is 25.2 Å². The number of hydrogen-bond acceptors (Lipinski definition) is 5. The zero-order chi connectivity index (χ0) is 24.6. The van der Waals surface area contributed by atoms with E-state index in [9.17, 15) is 14.4 Å². The number of carboxylic acid groups (broad SMARTS) is 1. The molecular formula is C27H24N2O6. The van der Waals surface area contributed by atoms with Gasteiger partial charge in [0.15, 0.2) is 6.61 Å². The lowest BCUT2D eigenvalue weighted by atomic mass is 9.98. The molecule has 0 bridgehead atoms. The van der Waals surface area contributed by atoms with Crippen molar-refractivity contribution in [2.45, 2.75) is 5.92 Å². The molecule has 0 atom stereocenters. The van der Waals surface area contributed by atoms with Crippen molar-refractivity contribution in [1.29, 1.82) is 0 Å². The van der Waals surface area contributed by atoms with Crippen LogP contribution in [0.2, 0.25) is 0 Å². The molecule has 1 aliphatic carbocycles. The number of alkyl carbamates (subject to hydrolysis) is 1. The highest BCUT2D eigenvalue weighted by Gasteiger charge is 2.28. The number of carboxylic acids is 1. The van der Waals surface area contributed by atoms with Crippen molar-refractivity contribution in [1.82, 2.24) is 5.32 Å². The number of aliphatic carboxylic acids is 1. The largest absolute Gasteiger partial charge is 0.482 e. The van der Waals surface area contributed by atoms with Crippen LogP contribution >= 0.6 is 0 Å². The third-order valence-electron chi connectivity index (χ3n) is 5.44. The number of ether oxygens (including phenoxy) is 2. The Labute approximate surface area is 202 Å². The van der Waals surface area contributed by atoms with E-state index in [1.54, 1.807) is 18.2 Å². The molecule has 35 heavy (non-hydrogen) atoms. The number of anilines is 1. The molecule has 0 heterocycles. The molecule has 3 aromatic carbocycles. The molecule has 3 aromatic rings. The minimum atomic E-state index is -1.09. The lowest BCUT2D eigenvalue weighted by Crippen LogP contribution is -2.26. The molecule has 1 aliphatic rings. The highest BCUT2D eigenvalue weighted by Crippen LogP contribution is 2.44. The zero-order valence-corrected chi connectivity index (χ0v) is 18.8. The lowest BCUT2D eigenvalue weighted by molar-refractivity contribution is -0.139. The monoisotopic (exact) mass is 472 g/mol. The van der Waals surface area contributed by atoms with Gasteiger partial charge in [0.1, 0.15) is 12.4 Å². The van der Waals surface area contributed by atoms with Gasteiger partial charge in [-0.1, -0.05) is 60.7 Å². The van der Waals surface area contributed by atoms with E-state index in [2.05, 4.69) is 34.9 Å². The number of nitrogens with one attached hydrogen (secondary N) is 2. The Kier molecular flexibility index (Phi) is 7.42. The Morgan fingerprint density at radius 2 is 1.60 bits per heavy atom. The molecule has 8 nitrogen and oxygen atoms in total. The predicted octanol–water partition coefficient (Wildman–Crippen LogP) is 4.18. The van der Waals surface area contributed by atoms with Crippen molar-refractivity contribution in [2.24, 2.45) is 0 Å². The zero-order valence-electron chi connectivity index (χ0n) is 18.8. The Balaban J connectivity index is 1.23. The van der Waals surface area contributed by atoms with Gasteiger partial charge in [-0.3, -0.25) is 4.79 Å². The predicted molar refractivity (Wildman–Crippen MR) is 130 cm³/mol. The molecule has 0 fully saturated rings. The average molecular weight is 472 g/mol. The van der Waals surface area contributed by atoms with Crippen molar-refractivity contribution in [3.8, 4) is 16.9 Å². The van der Waals surface area contributed by atoms with E-state index < -0.39 is 24.6 Å². The van der Waals surface area contributed by atoms with Gasteiger partial charge in [-0.25, -0.2) is 9.59 Å². The third kappa shape index (κ3) is 6.05. The highest BCUT2D eigenvalue weighted by molar-refractivity contribution is 5.99.